The second-order valence-corrected chi connectivity index (χ2v) is 3.28. The topological polar surface area (TPSA) is 24.9 Å². The van der Waals surface area contributed by atoms with E-state index in [9.17, 15) is 0 Å². The van der Waals surface area contributed by atoms with Crippen molar-refractivity contribution >= 4 is 28.4 Å². The summed E-state index contributed by atoms with van der Waals surface area (Å²) in [6, 6.07) is 4.08. The van der Waals surface area contributed by atoms with Gasteiger partial charge in [-0.15, -0.1) is 0 Å². The molecular formula is C8H11IN2. The van der Waals surface area contributed by atoms with Crippen LogP contribution >= 0.6 is 22.6 Å². The minimum atomic E-state index is 1.00. The molecule has 2 nitrogen and oxygen atoms in total. The fourth-order valence-electron chi connectivity index (χ4n) is 0.967. The molecule has 60 valence electrons. The van der Waals surface area contributed by atoms with Gasteiger partial charge in [0.2, 0.25) is 0 Å². The van der Waals surface area contributed by atoms with E-state index >= 15 is 0 Å². The van der Waals surface area contributed by atoms with Crippen molar-refractivity contribution in [1.82, 2.24) is 4.98 Å². The average molecular weight is 262 g/mol. The summed E-state index contributed by atoms with van der Waals surface area (Å²) in [5, 5.41) is 3.07. The van der Waals surface area contributed by atoms with Crippen molar-refractivity contribution in [2.24, 2.45) is 0 Å². The molecule has 0 amide bonds. The first-order chi connectivity index (χ1) is 5.38. The molecule has 11 heavy (non-hydrogen) atoms. The predicted octanol–water partition coefficient (Wildman–Crippen LogP) is 2.10. The molecule has 0 saturated heterocycles. The molecule has 0 bridgehead atoms. The van der Waals surface area contributed by atoms with Crippen LogP contribution in [-0.4, -0.2) is 16.5 Å². The fraction of sp³-hybridized carbons (Fsp3) is 0.375. The molecule has 3 heteroatoms. The monoisotopic (exact) mass is 262 g/mol. The molecule has 0 atom stereocenters. The van der Waals surface area contributed by atoms with Crippen LogP contribution in [0, 0.1) is 0 Å². The molecule has 1 N–H and O–H groups in total. The van der Waals surface area contributed by atoms with Gasteiger partial charge in [-0.3, -0.25) is 0 Å². The van der Waals surface area contributed by atoms with Crippen LogP contribution in [0.25, 0.3) is 0 Å². The minimum absolute atomic E-state index is 1.00. The molecule has 0 spiro atoms. The normalized spacial score (nSPS) is 9.64. The molecule has 0 aliphatic rings. The maximum Gasteiger partial charge on any atom is 0.128 e. The number of aryl methyl sites for hydroxylation is 1. The van der Waals surface area contributed by atoms with Crippen LogP contribution < -0.4 is 5.32 Å². The van der Waals surface area contributed by atoms with Gasteiger partial charge in [0.15, 0.2) is 0 Å². The van der Waals surface area contributed by atoms with E-state index in [1.54, 1.807) is 0 Å². The highest BCUT2D eigenvalue weighted by Crippen LogP contribution is 2.11. The van der Waals surface area contributed by atoms with Crippen LogP contribution in [0.4, 0.5) is 5.82 Å². The number of alkyl halides is 1. The van der Waals surface area contributed by atoms with Crippen LogP contribution in [-0.2, 0) is 6.42 Å². The Morgan fingerprint density at radius 1 is 1.64 bits per heavy atom. The van der Waals surface area contributed by atoms with E-state index in [0.29, 0.717) is 0 Å². The highest BCUT2D eigenvalue weighted by molar-refractivity contribution is 14.1. The third-order valence-electron chi connectivity index (χ3n) is 1.49. The minimum Gasteiger partial charge on any atom is -0.373 e. The highest BCUT2D eigenvalue weighted by Gasteiger charge is 1.98. The number of anilines is 1. The van der Waals surface area contributed by atoms with Gasteiger partial charge in [0.25, 0.3) is 0 Å². The van der Waals surface area contributed by atoms with Crippen LogP contribution in [0.3, 0.4) is 0 Å². The zero-order valence-electron chi connectivity index (χ0n) is 6.47. The third kappa shape index (κ3) is 2.32. The van der Waals surface area contributed by atoms with Crippen LogP contribution in [0.5, 0.6) is 0 Å². The second kappa shape index (κ2) is 4.54. The van der Waals surface area contributed by atoms with Crippen molar-refractivity contribution in [2.75, 3.05) is 16.8 Å². The summed E-state index contributed by atoms with van der Waals surface area (Å²) in [5.74, 6) is 1.00. The van der Waals surface area contributed by atoms with Gasteiger partial charge < -0.3 is 5.32 Å². The summed E-state index contributed by atoms with van der Waals surface area (Å²) in [6.45, 7) is 0. The number of pyridine rings is 1. The first kappa shape index (κ1) is 8.77. The van der Waals surface area contributed by atoms with Gasteiger partial charge in [-0.25, -0.2) is 4.98 Å². The van der Waals surface area contributed by atoms with Crippen molar-refractivity contribution in [3.8, 4) is 0 Å². The molecule has 0 aliphatic carbocycles. The average Bonchev–Trinajstić information content (AvgIpc) is 2.06. The Kier molecular flexibility index (Phi) is 3.62. The highest BCUT2D eigenvalue weighted by atomic mass is 127. The quantitative estimate of drug-likeness (QED) is 0.666. The fourth-order valence-corrected chi connectivity index (χ4v) is 1.55. The van der Waals surface area contributed by atoms with Crippen molar-refractivity contribution in [2.45, 2.75) is 6.42 Å². The number of halogens is 1. The number of aromatic nitrogens is 1. The summed E-state index contributed by atoms with van der Waals surface area (Å²) >= 11 is 2.37. The van der Waals surface area contributed by atoms with Crippen LogP contribution in [0.1, 0.15) is 5.56 Å². The molecule has 1 aromatic rings. The molecule has 0 fully saturated rings. The van der Waals surface area contributed by atoms with Crippen LogP contribution in [0.15, 0.2) is 18.3 Å². The van der Waals surface area contributed by atoms with Crippen molar-refractivity contribution in [1.29, 1.82) is 0 Å². The van der Waals surface area contributed by atoms with Gasteiger partial charge in [0.1, 0.15) is 5.82 Å². The van der Waals surface area contributed by atoms with E-state index in [1.807, 2.05) is 19.3 Å². The van der Waals surface area contributed by atoms with E-state index in [1.165, 1.54) is 5.56 Å². The molecule has 1 rings (SSSR count). The van der Waals surface area contributed by atoms with Crippen molar-refractivity contribution < 1.29 is 0 Å². The Morgan fingerprint density at radius 3 is 3.09 bits per heavy atom. The lowest BCUT2D eigenvalue weighted by Gasteiger charge is -2.04. The number of nitrogens with one attached hydrogen (secondary N) is 1. The SMILES string of the molecule is CNc1ncccc1CCI. The predicted molar refractivity (Wildman–Crippen MR) is 56.4 cm³/mol. The lowest BCUT2D eigenvalue weighted by Crippen LogP contribution is -1.98. The van der Waals surface area contributed by atoms with E-state index in [-0.39, 0.29) is 0 Å². The van der Waals surface area contributed by atoms with Crippen molar-refractivity contribution in [3.63, 3.8) is 0 Å². The molecule has 0 saturated carbocycles. The maximum atomic E-state index is 4.20. The first-order valence-corrected chi connectivity index (χ1v) is 5.08. The second-order valence-electron chi connectivity index (χ2n) is 2.20. The third-order valence-corrected chi connectivity index (χ3v) is 2.03. The molecule has 0 unspecified atom stereocenters. The number of rotatable bonds is 3. The molecule has 1 aromatic heterocycles. The van der Waals surface area contributed by atoms with Gasteiger partial charge in [0, 0.05) is 17.7 Å². The lowest BCUT2D eigenvalue weighted by atomic mass is 10.2. The molecule has 0 aliphatic heterocycles. The lowest BCUT2D eigenvalue weighted by molar-refractivity contribution is 1.13. The molecular weight excluding hydrogens is 251 g/mol. The number of nitrogens with zero attached hydrogens (tertiary/aromatic N) is 1. The van der Waals surface area contributed by atoms with Crippen molar-refractivity contribution in [3.05, 3.63) is 23.9 Å². The Bertz CT molecular complexity index is 225. The first-order valence-electron chi connectivity index (χ1n) is 3.56. The van der Waals surface area contributed by atoms with Crippen LogP contribution in [0.2, 0.25) is 0 Å². The van der Waals surface area contributed by atoms with E-state index in [2.05, 4.69) is 39.0 Å². The van der Waals surface area contributed by atoms with Gasteiger partial charge in [-0.05, 0) is 18.1 Å². The summed E-state index contributed by atoms with van der Waals surface area (Å²) in [7, 11) is 1.90. The Hall–Kier alpha value is -0.320. The van der Waals surface area contributed by atoms with E-state index < -0.39 is 0 Å². The molecule has 0 aromatic carbocycles. The maximum absolute atomic E-state index is 4.20. The Morgan fingerprint density at radius 2 is 2.45 bits per heavy atom. The smallest absolute Gasteiger partial charge is 0.128 e. The Labute approximate surface area is 80.6 Å². The van der Waals surface area contributed by atoms with Gasteiger partial charge >= 0.3 is 0 Å². The summed E-state index contributed by atoms with van der Waals surface area (Å²) in [6.07, 6.45) is 2.90. The summed E-state index contributed by atoms with van der Waals surface area (Å²) in [4.78, 5) is 4.20. The zero-order valence-corrected chi connectivity index (χ0v) is 8.63. The largest absolute Gasteiger partial charge is 0.373 e. The van der Waals surface area contributed by atoms with E-state index in [4.69, 9.17) is 0 Å². The number of hydrogen-bond donors (Lipinski definition) is 1. The van der Waals surface area contributed by atoms with Gasteiger partial charge in [-0.2, -0.15) is 0 Å². The van der Waals surface area contributed by atoms with Gasteiger partial charge in [-0.1, -0.05) is 28.7 Å². The molecule has 1 heterocycles. The zero-order chi connectivity index (χ0) is 8.10. The number of hydrogen-bond acceptors (Lipinski definition) is 2. The Balaban J connectivity index is 2.83. The van der Waals surface area contributed by atoms with Gasteiger partial charge in [0.05, 0.1) is 0 Å². The molecule has 0 radical (unpaired) electrons. The van der Waals surface area contributed by atoms with E-state index in [0.717, 1.165) is 16.7 Å². The summed E-state index contributed by atoms with van der Waals surface area (Å²) in [5.41, 5.74) is 1.30. The standard InChI is InChI=1S/C8H11IN2/c1-10-8-7(4-5-9)3-2-6-11-8/h2-3,6H,4-5H2,1H3,(H,10,11). The summed E-state index contributed by atoms with van der Waals surface area (Å²) < 4.78 is 1.14.